The predicted octanol–water partition coefficient (Wildman–Crippen LogP) is 4.72. The number of ether oxygens (including phenoxy) is 2. The number of aromatic nitrogens is 3. The van der Waals surface area contributed by atoms with Gasteiger partial charge in [-0.3, -0.25) is 4.57 Å². The van der Waals surface area contributed by atoms with Crippen molar-refractivity contribution >= 4 is 11.8 Å². The van der Waals surface area contributed by atoms with Gasteiger partial charge in [-0.1, -0.05) is 23.9 Å². The minimum absolute atomic E-state index is 0.159. The summed E-state index contributed by atoms with van der Waals surface area (Å²) in [6.45, 7) is 0.492. The average Bonchev–Trinajstić information content (AvgIpc) is 3.46. The molecule has 28 heavy (non-hydrogen) atoms. The zero-order valence-electron chi connectivity index (χ0n) is 14.9. The Kier molecular flexibility index (Phi) is 4.52. The van der Waals surface area contributed by atoms with Gasteiger partial charge >= 0.3 is 0 Å². The molecule has 0 atom stereocenters. The molecule has 2 heterocycles. The van der Waals surface area contributed by atoms with Crippen LogP contribution in [0.1, 0.15) is 30.0 Å². The second kappa shape index (κ2) is 7.18. The molecule has 1 saturated carbocycles. The summed E-state index contributed by atoms with van der Waals surface area (Å²) < 4.78 is 41.1. The molecule has 0 N–H and O–H groups in total. The van der Waals surface area contributed by atoms with Crippen LogP contribution in [0.5, 0.6) is 5.75 Å². The molecule has 144 valence electrons. The molecule has 1 fully saturated rings. The van der Waals surface area contributed by atoms with Crippen LogP contribution >= 0.6 is 11.8 Å². The summed E-state index contributed by atoms with van der Waals surface area (Å²) in [7, 11) is 0. The van der Waals surface area contributed by atoms with Crippen LogP contribution in [0.25, 0.3) is 11.4 Å². The third kappa shape index (κ3) is 3.27. The maximum atomic E-state index is 14.3. The lowest BCUT2D eigenvalue weighted by Gasteiger charge is -2.20. The molecule has 1 aromatic heterocycles. The fourth-order valence-electron chi connectivity index (χ4n) is 3.37. The van der Waals surface area contributed by atoms with Crippen LogP contribution in [0.2, 0.25) is 0 Å². The Morgan fingerprint density at radius 1 is 1.14 bits per heavy atom. The molecule has 8 heteroatoms. The number of benzene rings is 2. The topological polar surface area (TPSA) is 49.2 Å². The van der Waals surface area contributed by atoms with Crippen molar-refractivity contribution in [2.75, 3.05) is 6.79 Å². The first kappa shape index (κ1) is 17.6. The first-order valence-corrected chi connectivity index (χ1v) is 10.0. The summed E-state index contributed by atoms with van der Waals surface area (Å²) in [5, 5.41) is 9.25. The second-order valence-corrected chi connectivity index (χ2v) is 7.78. The molecule has 3 aromatic rings. The molecule has 2 aliphatic rings. The minimum atomic E-state index is -0.320. The maximum Gasteiger partial charge on any atom is 0.192 e. The molecular weight excluding hydrogens is 384 g/mol. The fourth-order valence-corrected chi connectivity index (χ4v) is 4.34. The molecule has 0 unspecified atom stereocenters. The lowest BCUT2D eigenvalue weighted by molar-refractivity contribution is -0.0171. The van der Waals surface area contributed by atoms with Gasteiger partial charge in [-0.2, -0.15) is 0 Å². The summed E-state index contributed by atoms with van der Waals surface area (Å²) in [5.41, 5.74) is 1.90. The second-order valence-electron chi connectivity index (χ2n) is 6.84. The van der Waals surface area contributed by atoms with E-state index in [1.54, 1.807) is 18.2 Å². The highest BCUT2D eigenvalue weighted by Gasteiger charge is 2.31. The van der Waals surface area contributed by atoms with Crippen molar-refractivity contribution in [1.82, 2.24) is 14.8 Å². The van der Waals surface area contributed by atoms with Gasteiger partial charge in [0.05, 0.1) is 12.2 Å². The van der Waals surface area contributed by atoms with E-state index >= 15 is 0 Å². The third-order valence-electron chi connectivity index (χ3n) is 4.80. The zero-order chi connectivity index (χ0) is 19.1. The molecule has 0 amide bonds. The molecule has 2 aromatic carbocycles. The van der Waals surface area contributed by atoms with Crippen molar-refractivity contribution in [2.45, 2.75) is 36.4 Å². The standard InChI is InChI=1S/C20H17F2N3O2S/c21-14-7-12-9-26-11-27-18(12)13(8-14)10-28-20-24-23-19(25(20)15-5-6-15)16-3-1-2-4-17(16)22/h1-4,7-8,15H,5-6,9-11H2. The number of nitrogens with zero attached hydrogens (tertiary/aromatic N) is 3. The lowest BCUT2D eigenvalue weighted by Crippen LogP contribution is -2.13. The number of halogens is 2. The number of fused-ring (bicyclic) bond motifs is 1. The molecule has 0 spiro atoms. The quantitative estimate of drug-likeness (QED) is 0.579. The van der Waals surface area contributed by atoms with Crippen molar-refractivity contribution in [3.8, 4) is 17.1 Å². The molecule has 0 saturated heterocycles. The highest BCUT2D eigenvalue weighted by Crippen LogP contribution is 2.42. The van der Waals surface area contributed by atoms with Gasteiger partial charge in [0.1, 0.15) is 17.4 Å². The first-order chi connectivity index (χ1) is 13.7. The summed E-state index contributed by atoms with van der Waals surface area (Å²) in [4.78, 5) is 0. The fraction of sp³-hybridized carbons (Fsp3) is 0.300. The van der Waals surface area contributed by atoms with Crippen molar-refractivity contribution in [3.05, 3.63) is 59.2 Å². The van der Waals surface area contributed by atoms with E-state index in [4.69, 9.17) is 9.47 Å². The van der Waals surface area contributed by atoms with E-state index in [1.165, 1.54) is 30.0 Å². The van der Waals surface area contributed by atoms with Crippen LogP contribution in [0.15, 0.2) is 41.6 Å². The van der Waals surface area contributed by atoms with E-state index in [0.717, 1.165) is 18.4 Å². The van der Waals surface area contributed by atoms with Gasteiger partial charge in [0.2, 0.25) is 0 Å². The van der Waals surface area contributed by atoms with E-state index in [9.17, 15) is 8.78 Å². The van der Waals surface area contributed by atoms with Crippen LogP contribution in [0.3, 0.4) is 0 Å². The smallest absolute Gasteiger partial charge is 0.192 e. The Morgan fingerprint density at radius 2 is 2.00 bits per heavy atom. The largest absolute Gasteiger partial charge is 0.467 e. The Morgan fingerprint density at radius 3 is 2.82 bits per heavy atom. The Balaban J connectivity index is 1.46. The molecule has 1 aliphatic heterocycles. The van der Waals surface area contributed by atoms with Crippen LogP contribution in [-0.4, -0.2) is 21.6 Å². The maximum absolute atomic E-state index is 14.3. The van der Waals surface area contributed by atoms with Crippen molar-refractivity contribution in [1.29, 1.82) is 0 Å². The molecule has 1 aliphatic carbocycles. The molecule has 5 nitrogen and oxygen atoms in total. The first-order valence-electron chi connectivity index (χ1n) is 9.05. The van der Waals surface area contributed by atoms with Crippen molar-refractivity contribution in [2.24, 2.45) is 0 Å². The number of rotatable bonds is 5. The van der Waals surface area contributed by atoms with E-state index < -0.39 is 0 Å². The Bertz CT molecular complexity index is 1040. The summed E-state index contributed by atoms with van der Waals surface area (Å²) in [5.74, 6) is 1.04. The monoisotopic (exact) mass is 401 g/mol. The molecular formula is C20H17F2N3O2S. The van der Waals surface area contributed by atoms with E-state index in [0.29, 0.717) is 40.2 Å². The number of hydrogen-bond acceptors (Lipinski definition) is 5. The van der Waals surface area contributed by atoms with Crippen LogP contribution in [0, 0.1) is 11.6 Å². The van der Waals surface area contributed by atoms with Crippen LogP contribution in [0.4, 0.5) is 8.78 Å². The van der Waals surface area contributed by atoms with Crippen molar-refractivity contribution < 1.29 is 18.3 Å². The SMILES string of the molecule is Fc1cc2c(c(CSc3nnc(-c4ccccc4F)n3C3CC3)c1)OCOC2. The van der Waals surface area contributed by atoms with Crippen molar-refractivity contribution in [3.63, 3.8) is 0 Å². The normalized spacial score (nSPS) is 15.9. The highest BCUT2D eigenvalue weighted by molar-refractivity contribution is 7.98. The number of hydrogen-bond donors (Lipinski definition) is 0. The minimum Gasteiger partial charge on any atom is -0.467 e. The van der Waals surface area contributed by atoms with Crippen LogP contribution < -0.4 is 4.74 Å². The lowest BCUT2D eigenvalue weighted by atomic mass is 10.1. The Labute approximate surface area is 164 Å². The average molecular weight is 401 g/mol. The third-order valence-corrected chi connectivity index (χ3v) is 5.79. The van der Waals surface area contributed by atoms with Gasteiger partial charge in [0.25, 0.3) is 0 Å². The highest BCUT2D eigenvalue weighted by atomic mass is 32.2. The Hall–Kier alpha value is -2.45. The van der Waals surface area contributed by atoms with Gasteiger partial charge in [-0.05, 0) is 37.1 Å². The number of thioether (sulfide) groups is 1. The van der Waals surface area contributed by atoms with Crippen LogP contribution in [-0.2, 0) is 17.1 Å². The molecule has 0 bridgehead atoms. The zero-order valence-corrected chi connectivity index (χ0v) is 15.7. The summed E-state index contributed by atoms with van der Waals surface area (Å²) in [6, 6.07) is 9.77. The molecule has 0 radical (unpaired) electrons. The summed E-state index contributed by atoms with van der Waals surface area (Å²) in [6.07, 6.45) is 2.03. The summed E-state index contributed by atoms with van der Waals surface area (Å²) >= 11 is 1.45. The van der Waals surface area contributed by atoms with E-state index in [1.807, 2.05) is 4.57 Å². The molecule has 5 rings (SSSR count). The van der Waals surface area contributed by atoms with E-state index in [-0.39, 0.29) is 24.5 Å². The van der Waals surface area contributed by atoms with Gasteiger partial charge in [0, 0.05) is 22.9 Å². The van der Waals surface area contributed by atoms with Gasteiger partial charge < -0.3 is 9.47 Å². The predicted molar refractivity (Wildman–Crippen MR) is 99.9 cm³/mol. The van der Waals surface area contributed by atoms with Gasteiger partial charge in [-0.25, -0.2) is 8.78 Å². The van der Waals surface area contributed by atoms with Gasteiger partial charge in [0.15, 0.2) is 17.8 Å². The van der Waals surface area contributed by atoms with Gasteiger partial charge in [-0.15, -0.1) is 10.2 Å². The van der Waals surface area contributed by atoms with E-state index in [2.05, 4.69) is 10.2 Å².